The Labute approximate surface area is 79.5 Å². The van der Waals surface area contributed by atoms with E-state index >= 15 is 0 Å². The fourth-order valence-electron chi connectivity index (χ4n) is 0.446. The molecule has 0 aromatic carbocycles. The largest absolute Gasteiger partial charge is 0.569 e. The molecule has 5 nitrogen and oxygen atoms in total. The van der Waals surface area contributed by atoms with Gasteiger partial charge >= 0.3 is 0 Å². The Bertz CT molecular complexity index is 184. The third-order valence-corrected chi connectivity index (χ3v) is 1.56. The molecule has 0 aromatic rings. The highest BCUT2D eigenvalue weighted by Crippen LogP contribution is 2.10. The summed E-state index contributed by atoms with van der Waals surface area (Å²) in [6.07, 6.45) is -0.0789. The Morgan fingerprint density at radius 2 is 1.85 bits per heavy atom. The lowest BCUT2D eigenvalue weighted by atomic mass is 10.1. The summed E-state index contributed by atoms with van der Waals surface area (Å²) in [5, 5.41) is 16.1. The lowest BCUT2D eigenvalue weighted by molar-refractivity contribution is -0.720. The van der Waals surface area contributed by atoms with E-state index in [4.69, 9.17) is 4.84 Å². The van der Waals surface area contributed by atoms with Crippen LogP contribution >= 0.6 is 0 Å². The molecule has 13 heavy (non-hydrogen) atoms. The van der Waals surface area contributed by atoms with E-state index in [0.717, 1.165) is 0 Å². The predicted molar refractivity (Wildman–Crippen MR) is 49.8 cm³/mol. The maximum absolute atomic E-state index is 11.2. The normalized spacial score (nSPS) is 13.3. The molecule has 0 unspecified atom stereocenters. The molecule has 0 rings (SSSR count). The van der Waals surface area contributed by atoms with Crippen molar-refractivity contribution in [3.05, 3.63) is 5.21 Å². The van der Waals surface area contributed by atoms with Crippen LogP contribution in [0.5, 0.6) is 0 Å². The van der Waals surface area contributed by atoms with Gasteiger partial charge < -0.3 is 10.0 Å². The maximum atomic E-state index is 11.2. The summed E-state index contributed by atoms with van der Waals surface area (Å²) < 4.78 is 0. The van der Waals surface area contributed by atoms with Gasteiger partial charge in [0.25, 0.3) is 0 Å². The number of hydrogen-bond acceptors (Lipinski definition) is 3. The zero-order valence-electron chi connectivity index (χ0n) is 9.24. The molecule has 0 fully saturated rings. The summed E-state index contributed by atoms with van der Waals surface area (Å²) in [6.45, 7) is 9.39. The van der Waals surface area contributed by atoms with Gasteiger partial charge in [0.15, 0.2) is 0 Å². The van der Waals surface area contributed by atoms with E-state index in [2.05, 4.69) is 5.28 Å². The van der Waals surface area contributed by atoms with Crippen LogP contribution in [0.3, 0.4) is 0 Å². The standard InChI is InChI=1S/C8H19N3O2/c1-7(2)13-9-11(12)10(6)8(3,4)5/h7H,1-6H3. The Balaban J connectivity index is 4.25. The molecule has 78 valence electrons. The van der Waals surface area contributed by atoms with Gasteiger partial charge in [-0.05, 0) is 34.6 Å². The van der Waals surface area contributed by atoms with Crippen LogP contribution < -0.4 is 0 Å². The lowest BCUT2D eigenvalue weighted by Crippen LogP contribution is -2.42. The summed E-state index contributed by atoms with van der Waals surface area (Å²) >= 11 is 0. The van der Waals surface area contributed by atoms with Crippen LogP contribution in [0.25, 0.3) is 0 Å². The molecular formula is C8H19N3O2. The molecule has 0 saturated carbocycles. The van der Waals surface area contributed by atoms with Crippen LogP contribution in [-0.4, -0.2) is 28.7 Å². The van der Waals surface area contributed by atoms with Gasteiger partial charge in [0.05, 0.1) is 17.6 Å². The van der Waals surface area contributed by atoms with Crippen molar-refractivity contribution >= 4 is 0 Å². The molecule has 0 bridgehead atoms. The number of hydrogen-bond donors (Lipinski definition) is 0. The molecule has 0 aromatic heterocycles. The van der Waals surface area contributed by atoms with Crippen molar-refractivity contribution in [3.8, 4) is 0 Å². The first-order chi connectivity index (χ1) is 5.75. The van der Waals surface area contributed by atoms with E-state index in [9.17, 15) is 5.21 Å². The van der Waals surface area contributed by atoms with E-state index in [0.29, 0.717) is 4.97 Å². The van der Waals surface area contributed by atoms with Gasteiger partial charge in [0, 0.05) is 0 Å². The average molecular weight is 189 g/mol. The first kappa shape index (κ1) is 12.0. The van der Waals surface area contributed by atoms with E-state index in [-0.39, 0.29) is 11.6 Å². The van der Waals surface area contributed by atoms with Crippen LogP contribution in [0, 0.1) is 5.21 Å². The van der Waals surface area contributed by atoms with Gasteiger partial charge in [-0.3, -0.25) is 0 Å². The SMILES string of the molecule is CC(C)ON=[N+]([O-])N(C)C(C)(C)C. The van der Waals surface area contributed by atoms with E-state index in [1.54, 1.807) is 7.05 Å². The van der Waals surface area contributed by atoms with Crippen molar-refractivity contribution in [1.29, 1.82) is 0 Å². The predicted octanol–water partition coefficient (Wildman–Crippen LogP) is 1.93. The molecule has 0 aliphatic rings. The highest BCUT2D eigenvalue weighted by Gasteiger charge is 2.24. The highest BCUT2D eigenvalue weighted by atomic mass is 16.7. The minimum Gasteiger partial charge on any atom is -0.569 e. The smallest absolute Gasteiger partial charge is 0.233 e. The minimum absolute atomic E-state index is 0.0789. The molecule has 0 amide bonds. The number of nitrogens with zero attached hydrogens (tertiary/aromatic N) is 3. The Hall–Kier alpha value is -1.00. The van der Waals surface area contributed by atoms with E-state index in [1.807, 2.05) is 34.6 Å². The molecule has 5 heteroatoms. The van der Waals surface area contributed by atoms with Gasteiger partial charge in [-0.2, -0.15) is 0 Å². The monoisotopic (exact) mass is 189 g/mol. The van der Waals surface area contributed by atoms with Crippen molar-refractivity contribution < 1.29 is 9.81 Å². The number of hydrazine groups is 1. The Kier molecular flexibility index (Phi) is 3.97. The third-order valence-electron chi connectivity index (χ3n) is 1.56. The zero-order chi connectivity index (χ0) is 10.6. The van der Waals surface area contributed by atoms with Crippen molar-refractivity contribution in [2.45, 2.75) is 46.3 Å². The van der Waals surface area contributed by atoms with Crippen LogP contribution in [0.2, 0.25) is 0 Å². The second-order valence-electron chi connectivity index (χ2n) is 4.18. The van der Waals surface area contributed by atoms with Crippen molar-refractivity contribution in [1.82, 2.24) is 5.01 Å². The van der Waals surface area contributed by atoms with Crippen molar-refractivity contribution in [3.63, 3.8) is 0 Å². The molecule has 0 radical (unpaired) electrons. The van der Waals surface area contributed by atoms with Gasteiger partial charge in [-0.25, -0.2) is 0 Å². The van der Waals surface area contributed by atoms with Crippen LogP contribution in [0.1, 0.15) is 34.6 Å². The van der Waals surface area contributed by atoms with Gasteiger partial charge in [0.1, 0.15) is 6.10 Å². The molecule has 0 atom stereocenters. The number of rotatable bonds is 3. The summed E-state index contributed by atoms with van der Waals surface area (Å²) in [5.74, 6) is 0. The third kappa shape index (κ3) is 4.55. The quantitative estimate of drug-likeness (QED) is 0.387. The first-order valence-electron chi connectivity index (χ1n) is 4.33. The van der Waals surface area contributed by atoms with E-state index in [1.165, 1.54) is 5.01 Å². The maximum Gasteiger partial charge on any atom is 0.233 e. The summed E-state index contributed by atoms with van der Waals surface area (Å²) in [5.41, 5.74) is -0.258. The molecule has 0 aliphatic heterocycles. The second kappa shape index (κ2) is 4.30. The average Bonchev–Trinajstić information content (AvgIpc) is 1.96. The fourth-order valence-corrected chi connectivity index (χ4v) is 0.446. The summed E-state index contributed by atoms with van der Waals surface area (Å²) in [4.78, 5) is 5.28. The lowest BCUT2D eigenvalue weighted by Gasteiger charge is -2.26. The molecule has 0 saturated heterocycles. The molecule has 0 N–H and O–H groups in total. The summed E-state index contributed by atoms with van der Waals surface area (Å²) in [6, 6.07) is 0. The zero-order valence-corrected chi connectivity index (χ0v) is 9.24. The second-order valence-corrected chi connectivity index (χ2v) is 4.18. The van der Waals surface area contributed by atoms with Gasteiger partial charge in [-0.1, -0.05) is 0 Å². The van der Waals surface area contributed by atoms with Crippen LogP contribution in [0.15, 0.2) is 5.28 Å². The Morgan fingerprint density at radius 1 is 1.38 bits per heavy atom. The summed E-state index contributed by atoms with van der Waals surface area (Å²) in [7, 11) is 1.67. The van der Waals surface area contributed by atoms with Crippen LogP contribution in [-0.2, 0) is 4.84 Å². The van der Waals surface area contributed by atoms with E-state index < -0.39 is 0 Å². The van der Waals surface area contributed by atoms with Crippen molar-refractivity contribution in [2.24, 2.45) is 5.28 Å². The Morgan fingerprint density at radius 3 is 2.15 bits per heavy atom. The molecule has 0 aliphatic carbocycles. The highest BCUT2D eigenvalue weighted by molar-refractivity contribution is 4.64. The van der Waals surface area contributed by atoms with Gasteiger partial charge in [-0.15, -0.1) is 5.01 Å². The molecule has 0 spiro atoms. The van der Waals surface area contributed by atoms with Gasteiger partial charge in [0.2, 0.25) is 5.28 Å². The fraction of sp³-hybridized carbons (Fsp3) is 1.00. The first-order valence-corrected chi connectivity index (χ1v) is 4.33. The molecule has 0 heterocycles. The topological polar surface area (TPSA) is 50.9 Å². The van der Waals surface area contributed by atoms with Crippen molar-refractivity contribution in [2.75, 3.05) is 7.05 Å². The molecular weight excluding hydrogens is 170 g/mol. The van der Waals surface area contributed by atoms with Crippen LogP contribution in [0.4, 0.5) is 0 Å². The minimum atomic E-state index is -0.258.